The molecule has 7 rings (SSSR count). The predicted octanol–water partition coefficient (Wildman–Crippen LogP) is 5.12. The number of carbonyl (C=O) groups is 7. The van der Waals surface area contributed by atoms with Crippen molar-refractivity contribution in [2.45, 2.75) is 162 Å². The maximum Gasteiger partial charge on any atom is 0.246 e. The molecular formula is C59H82N8O8. The Bertz CT molecular complexity index is 2550. The van der Waals surface area contributed by atoms with E-state index in [0.29, 0.717) is 39.1 Å². The van der Waals surface area contributed by atoms with Gasteiger partial charge in [-0.1, -0.05) is 128 Å². The second-order valence-corrected chi connectivity index (χ2v) is 23.4. The van der Waals surface area contributed by atoms with Crippen molar-refractivity contribution < 1.29 is 38.3 Å². The van der Waals surface area contributed by atoms with E-state index in [4.69, 9.17) is 4.74 Å². The molecule has 406 valence electrons. The van der Waals surface area contributed by atoms with E-state index in [0.717, 1.165) is 47.1 Å². The third kappa shape index (κ3) is 13.5. The Morgan fingerprint density at radius 3 is 2.00 bits per heavy atom. The van der Waals surface area contributed by atoms with Gasteiger partial charge in [0.05, 0.1) is 25.3 Å². The first kappa shape index (κ1) is 56.6. The molecule has 4 aliphatic rings. The number of likely N-dealkylation sites (tertiary alicyclic amines) is 1. The average Bonchev–Trinajstić information content (AvgIpc) is 3.86. The van der Waals surface area contributed by atoms with Crippen LogP contribution in [0.3, 0.4) is 0 Å². The lowest BCUT2D eigenvalue weighted by atomic mass is 9.83. The van der Waals surface area contributed by atoms with Crippen molar-refractivity contribution in [3.05, 3.63) is 106 Å². The minimum absolute atomic E-state index is 0.0226. The lowest BCUT2D eigenvalue weighted by molar-refractivity contribution is -0.148. The molecule has 0 bridgehead atoms. The average molecular weight is 1030 g/mol. The van der Waals surface area contributed by atoms with Gasteiger partial charge in [-0.2, -0.15) is 0 Å². The first-order valence-corrected chi connectivity index (χ1v) is 27.2. The first-order chi connectivity index (χ1) is 35.6. The summed E-state index contributed by atoms with van der Waals surface area (Å²) in [6.07, 6.45) is 3.87. The second-order valence-electron chi connectivity index (χ2n) is 23.4. The monoisotopic (exact) mass is 1030 g/mol. The van der Waals surface area contributed by atoms with Gasteiger partial charge < -0.3 is 46.0 Å². The standard InChI is InChI=1S/C59H82N8O8/c1-11-36(2)51(68)63-49(58(4,5)6)56(73)66-34-42-31-40(24-25-41(42)32-47(66)54(71)62-46(30-38-18-13-12-14-19-38)55(72)65-26-28-75-29-27-65)43-33-48(53(70)61-45-23-17-21-39-20-15-16-22-44(39)45)67(35-43)57(74)50(59(7,8)9)64-52(69)37(3)60-10/h12-16,18-20,22,24-25,31,36-37,43,45-50,60H,11,17,21,23,26-30,32-35H2,1-10H3,(H,61,70)(H,62,71)(H,63,68)(H,64,69)/t36-,37+,43+,45?,46?,47+,48+,49-,50-/m1/s1. The smallest absolute Gasteiger partial charge is 0.246 e. The Morgan fingerprint density at radius 2 is 1.35 bits per heavy atom. The summed E-state index contributed by atoms with van der Waals surface area (Å²) < 4.78 is 5.55. The van der Waals surface area contributed by atoms with Gasteiger partial charge in [0.25, 0.3) is 0 Å². The van der Waals surface area contributed by atoms with Crippen LogP contribution in [0.2, 0.25) is 0 Å². The van der Waals surface area contributed by atoms with E-state index in [2.05, 4.69) is 38.7 Å². The van der Waals surface area contributed by atoms with Crippen molar-refractivity contribution in [3.63, 3.8) is 0 Å². The highest BCUT2D eigenvalue weighted by atomic mass is 16.5. The molecule has 0 saturated carbocycles. The molecule has 9 atom stereocenters. The van der Waals surface area contributed by atoms with Gasteiger partial charge in [-0.3, -0.25) is 33.6 Å². The van der Waals surface area contributed by atoms with Crippen LogP contribution in [0.15, 0.2) is 72.8 Å². The van der Waals surface area contributed by atoms with Gasteiger partial charge >= 0.3 is 0 Å². The number of ether oxygens (including phenoxy) is 1. The lowest BCUT2D eigenvalue weighted by Crippen LogP contribution is -2.62. The number of hydrogen-bond donors (Lipinski definition) is 5. The van der Waals surface area contributed by atoms with Crippen LogP contribution in [0.25, 0.3) is 0 Å². The molecule has 5 N–H and O–H groups in total. The normalized spacial score (nSPS) is 21.8. The molecule has 1 aliphatic carbocycles. The number of amides is 7. The molecule has 0 spiro atoms. The molecule has 2 saturated heterocycles. The summed E-state index contributed by atoms with van der Waals surface area (Å²) in [4.78, 5) is 106. The highest BCUT2D eigenvalue weighted by Gasteiger charge is 2.47. The van der Waals surface area contributed by atoms with E-state index in [-0.39, 0.29) is 73.3 Å². The molecule has 7 amide bonds. The number of nitrogens with zero attached hydrogens (tertiary/aromatic N) is 3. The fourth-order valence-corrected chi connectivity index (χ4v) is 10.9. The first-order valence-electron chi connectivity index (χ1n) is 27.2. The fourth-order valence-electron chi connectivity index (χ4n) is 10.9. The number of likely N-dealkylation sites (N-methyl/N-ethyl adjacent to an activating group) is 1. The molecule has 2 fully saturated rings. The molecule has 0 radical (unpaired) electrons. The van der Waals surface area contributed by atoms with Crippen LogP contribution in [0.5, 0.6) is 0 Å². The SMILES string of the molecule is CC[C@@H](C)C(=O)N[C@H](C(=O)N1Cc2cc([C@H]3C[C@@H](C(=O)NC4CCCc5ccccc54)N(C(=O)[C@@H](NC(=O)[C@H](C)NC)C(C)(C)C)C3)ccc2C[C@H]1C(=O)NC(Cc1ccccc1)C(=O)N1CCOCC1)C(C)(C)C. The van der Waals surface area contributed by atoms with Crippen LogP contribution >= 0.6 is 0 Å². The zero-order chi connectivity index (χ0) is 54.4. The lowest BCUT2D eigenvalue weighted by Gasteiger charge is -2.42. The summed E-state index contributed by atoms with van der Waals surface area (Å²) in [5.74, 6) is -3.00. The number of nitrogens with one attached hydrogen (secondary N) is 5. The Labute approximate surface area is 444 Å². The Hall–Kier alpha value is -6.13. The van der Waals surface area contributed by atoms with Gasteiger partial charge in [0.15, 0.2) is 0 Å². The van der Waals surface area contributed by atoms with E-state index in [1.54, 1.807) is 28.7 Å². The highest BCUT2D eigenvalue weighted by molar-refractivity contribution is 5.96. The Morgan fingerprint density at radius 1 is 0.707 bits per heavy atom. The molecular weight excluding hydrogens is 949 g/mol. The van der Waals surface area contributed by atoms with E-state index in [1.165, 1.54) is 5.56 Å². The summed E-state index contributed by atoms with van der Waals surface area (Å²) in [5, 5.41) is 15.4. The number of rotatable bonds is 16. The number of fused-ring (bicyclic) bond motifs is 2. The summed E-state index contributed by atoms with van der Waals surface area (Å²) >= 11 is 0. The summed E-state index contributed by atoms with van der Waals surface area (Å²) in [6, 6.07) is 18.1. The Balaban J connectivity index is 1.23. The van der Waals surface area contributed by atoms with Crippen molar-refractivity contribution in [3.8, 4) is 0 Å². The van der Waals surface area contributed by atoms with Crippen molar-refractivity contribution in [1.82, 2.24) is 41.3 Å². The fraction of sp³-hybridized carbons (Fsp3) is 0.576. The van der Waals surface area contributed by atoms with Crippen LogP contribution in [0.1, 0.15) is 133 Å². The van der Waals surface area contributed by atoms with Gasteiger partial charge in [0, 0.05) is 50.9 Å². The van der Waals surface area contributed by atoms with Crippen LogP contribution < -0.4 is 26.6 Å². The van der Waals surface area contributed by atoms with E-state index in [1.807, 2.05) is 116 Å². The van der Waals surface area contributed by atoms with Crippen LogP contribution in [0.4, 0.5) is 0 Å². The summed E-state index contributed by atoms with van der Waals surface area (Å²) in [7, 11) is 1.68. The third-order valence-corrected chi connectivity index (χ3v) is 15.9. The van der Waals surface area contributed by atoms with E-state index in [9.17, 15) is 19.2 Å². The van der Waals surface area contributed by atoms with Crippen LogP contribution in [-0.2, 0) is 64.1 Å². The summed E-state index contributed by atoms with van der Waals surface area (Å²) in [6.45, 7) is 18.6. The number of aryl methyl sites for hydroxylation is 1. The minimum Gasteiger partial charge on any atom is -0.378 e. The highest BCUT2D eigenvalue weighted by Crippen LogP contribution is 2.38. The number of morpholine rings is 1. The van der Waals surface area contributed by atoms with Gasteiger partial charge in [0.2, 0.25) is 41.4 Å². The maximum absolute atomic E-state index is 15.3. The van der Waals surface area contributed by atoms with Gasteiger partial charge in [-0.25, -0.2) is 0 Å². The molecule has 3 aliphatic heterocycles. The van der Waals surface area contributed by atoms with Crippen LogP contribution in [0, 0.1) is 16.7 Å². The topological polar surface area (TPSA) is 199 Å². The molecule has 3 aromatic rings. The second kappa shape index (κ2) is 24.3. The molecule has 75 heavy (non-hydrogen) atoms. The predicted molar refractivity (Wildman–Crippen MR) is 288 cm³/mol. The van der Waals surface area contributed by atoms with E-state index < -0.39 is 58.9 Å². The molecule has 3 heterocycles. The van der Waals surface area contributed by atoms with E-state index >= 15 is 14.4 Å². The number of carbonyl (C=O) groups excluding carboxylic acids is 7. The minimum atomic E-state index is -1.04. The van der Waals surface area contributed by atoms with Crippen molar-refractivity contribution in [1.29, 1.82) is 0 Å². The molecule has 3 aromatic carbocycles. The van der Waals surface area contributed by atoms with Crippen molar-refractivity contribution in [2.24, 2.45) is 16.7 Å². The largest absolute Gasteiger partial charge is 0.378 e. The third-order valence-electron chi connectivity index (χ3n) is 15.9. The van der Waals surface area contributed by atoms with Crippen LogP contribution in [-0.4, -0.2) is 132 Å². The van der Waals surface area contributed by atoms with Gasteiger partial charge in [-0.05, 0) is 90.3 Å². The maximum atomic E-state index is 15.3. The van der Waals surface area contributed by atoms with Crippen molar-refractivity contribution >= 4 is 41.4 Å². The quantitative estimate of drug-likeness (QED) is 0.129. The zero-order valence-electron chi connectivity index (χ0n) is 45.9. The molecule has 0 aromatic heterocycles. The van der Waals surface area contributed by atoms with Crippen molar-refractivity contribution in [2.75, 3.05) is 39.9 Å². The number of benzene rings is 3. The Kier molecular flexibility index (Phi) is 18.3. The zero-order valence-corrected chi connectivity index (χ0v) is 45.9. The van der Waals surface area contributed by atoms with Gasteiger partial charge in [-0.15, -0.1) is 0 Å². The summed E-state index contributed by atoms with van der Waals surface area (Å²) in [5.41, 5.74) is 4.17. The number of hydrogen-bond acceptors (Lipinski definition) is 9. The molecule has 2 unspecified atom stereocenters. The molecule has 16 heteroatoms. The van der Waals surface area contributed by atoms with Gasteiger partial charge in [0.1, 0.15) is 30.2 Å². The molecule has 16 nitrogen and oxygen atoms in total.